The first-order valence-corrected chi connectivity index (χ1v) is 10.8. The van der Waals surface area contributed by atoms with Crippen molar-refractivity contribution in [3.8, 4) is 32.1 Å². The molecule has 6 aromatic rings. The summed E-state index contributed by atoms with van der Waals surface area (Å²) in [5, 5.41) is 7.54. The second-order valence-corrected chi connectivity index (χ2v) is 8.31. The Morgan fingerprint density at radius 1 is 0.567 bits per heavy atom. The number of pyridine rings is 1. The minimum atomic E-state index is 1.02. The van der Waals surface area contributed by atoms with Crippen molar-refractivity contribution in [1.29, 1.82) is 0 Å². The first-order chi connectivity index (χ1) is 14.9. The van der Waals surface area contributed by atoms with Gasteiger partial charge >= 0.3 is 0 Å². The average Bonchev–Trinajstić information content (AvgIpc) is 3.39. The van der Waals surface area contributed by atoms with Crippen LogP contribution in [0.4, 0.5) is 0 Å². The zero-order valence-electron chi connectivity index (χ0n) is 16.2. The maximum Gasteiger partial charge on any atom is 0.102 e. The van der Waals surface area contributed by atoms with Crippen LogP contribution in [0.2, 0.25) is 0 Å². The molecule has 3 aromatic carbocycles. The van der Waals surface area contributed by atoms with E-state index < -0.39 is 0 Å². The molecule has 0 unspecified atom stereocenters. The molecule has 3 heteroatoms. The summed E-state index contributed by atoms with van der Waals surface area (Å²) in [5.41, 5.74) is 5.74. The molecule has 0 fully saturated rings. The summed E-state index contributed by atoms with van der Waals surface area (Å²) < 4.78 is 1.99. The molecule has 0 spiro atoms. The number of nitrogens with zero attached hydrogens (tertiary/aromatic N) is 2. The SMILES string of the molecule is c1ccc(-c2nn3ccccc3c2-c2sc(-c3ccccc3)c3ccccc23)cc1. The molecule has 0 aliphatic carbocycles. The van der Waals surface area contributed by atoms with Crippen LogP contribution in [0.3, 0.4) is 0 Å². The Labute approximate surface area is 178 Å². The quantitative estimate of drug-likeness (QED) is 0.299. The summed E-state index contributed by atoms with van der Waals surface area (Å²) >= 11 is 1.85. The zero-order chi connectivity index (χ0) is 19.9. The summed E-state index contributed by atoms with van der Waals surface area (Å²) in [6, 6.07) is 36.1. The molecular formula is C27H18N2S. The smallest absolute Gasteiger partial charge is 0.102 e. The van der Waals surface area contributed by atoms with E-state index in [1.54, 1.807) is 0 Å². The predicted molar refractivity (Wildman–Crippen MR) is 127 cm³/mol. The largest absolute Gasteiger partial charge is 0.240 e. The molecule has 0 saturated carbocycles. The van der Waals surface area contributed by atoms with Gasteiger partial charge in [0.15, 0.2) is 0 Å². The minimum absolute atomic E-state index is 1.02. The zero-order valence-corrected chi connectivity index (χ0v) is 17.0. The lowest BCUT2D eigenvalue weighted by Crippen LogP contribution is -1.84. The molecule has 0 amide bonds. The fraction of sp³-hybridized carbons (Fsp3) is 0. The number of thiophene rings is 1. The molecule has 0 N–H and O–H groups in total. The Balaban J connectivity index is 1.72. The Kier molecular flexibility index (Phi) is 4.00. The van der Waals surface area contributed by atoms with Crippen molar-refractivity contribution >= 4 is 27.6 Å². The van der Waals surface area contributed by atoms with Gasteiger partial charge in [-0.05, 0) is 17.7 Å². The van der Waals surface area contributed by atoms with Gasteiger partial charge in [-0.1, -0.05) is 91.0 Å². The van der Waals surface area contributed by atoms with Crippen molar-refractivity contribution in [2.24, 2.45) is 0 Å². The van der Waals surface area contributed by atoms with Gasteiger partial charge in [0, 0.05) is 37.9 Å². The predicted octanol–water partition coefficient (Wildman–Crippen LogP) is 7.55. The molecule has 30 heavy (non-hydrogen) atoms. The first-order valence-electron chi connectivity index (χ1n) is 10.0. The normalized spacial score (nSPS) is 11.3. The third-order valence-electron chi connectivity index (χ3n) is 5.47. The standard InChI is InChI=1S/C27H18N2S/c1-3-11-19(12-4-1)25-24(23-17-9-10-18-29(23)28-25)27-22-16-8-7-15-21(22)26(30-27)20-13-5-2-6-14-20/h1-18H. The number of benzene rings is 3. The Morgan fingerprint density at radius 2 is 1.17 bits per heavy atom. The molecule has 2 nitrogen and oxygen atoms in total. The van der Waals surface area contributed by atoms with Crippen LogP contribution < -0.4 is 0 Å². The van der Waals surface area contributed by atoms with Crippen LogP contribution in [0.15, 0.2) is 109 Å². The van der Waals surface area contributed by atoms with Crippen molar-refractivity contribution in [3.63, 3.8) is 0 Å². The van der Waals surface area contributed by atoms with E-state index in [2.05, 4.69) is 91.0 Å². The third kappa shape index (κ3) is 2.67. The van der Waals surface area contributed by atoms with Crippen LogP contribution in [-0.2, 0) is 0 Å². The Hall–Kier alpha value is -3.69. The van der Waals surface area contributed by atoms with E-state index in [1.807, 2.05) is 34.2 Å². The second kappa shape index (κ2) is 6.97. The van der Waals surface area contributed by atoms with Crippen LogP contribution in [-0.4, -0.2) is 9.61 Å². The Bertz CT molecular complexity index is 1480. The van der Waals surface area contributed by atoms with E-state index in [1.165, 1.54) is 31.7 Å². The molecule has 0 atom stereocenters. The molecule has 0 aliphatic heterocycles. The van der Waals surface area contributed by atoms with Gasteiger partial charge in [0.25, 0.3) is 0 Å². The van der Waals surface area contributed by atoms with Crippen LogP contribution in [0.5, 0.6) is 0 Å². The first kappa shape index (κ1) is 17.2. The number of rotatable bonds is 3. The van der Waals surface area contributed by atoms with E-state index in [0.717, 1.165) is 16.8 Å². The van der Waals surface area contributed by atoms with E-state index in [9.17, 15) is 0 Å². The van der Waals surface area contributed by atoms with Crippen LogP contribution in [0.1, 0.15) is 0 Å². The summed E-state index contributed by atoms with van der Waals surface area (Å²) in [6.07, 6.45) is 2.03. The highest BCUT2D eigenvalue weighted by molar-refractivity contribution is 7.21. The summed E-state index contributed by atoms with van der Waals surface area (Å²) in [7, 11) is 0. The van der Waals surface area contributed by atoms with Crippen molar-refractivity contribution in [1.82, 2.24) is 9.61 Å². The van der Waals surface area contributed by atoms with Crippen LogP contribution >= 0.6 is 11.3 Å². The number of hydrogen-bond acceptors (Lipinski definition) is 2. The van der Waals surface area contributed by atoms with Crippen molar-refractivity contribution in [2.75, 3.05) is 0 Å². The number of fused-ring (bicyclic) bond motifs is 2. The number of aromatic nitrogens is 2. The molecule has 0 aliphatic rings. The van der Waals surface area contributed by atoms with Crippen LogP contribution in [0, 0.1) is 0 Å². The number of hydrogen-bond donors (Lipinski definition) is 0. The lowest BCUT2D eigenvalue weighted by atomic mass is 10.0. The van der Waals surface area contributed by atoms with E-state index >= 15 is 0 Å². The summed E-state index contributed by atoms with van der Waals surface area (Å²) in [5.74, 6) is 0. The molecule has 0 bridgehead atoms. The monoisotopic (exact) mass is 402 g/mol. The fourth-order valence-corrected chi connectivity index (χ4v) is 5.44. The van der Waals surface area contributed by atoms with Gasteiger partial charge in [0.05, 0.1) is 5.52 Å². The molecule has 0 radical (unpaired) electrons. The molecule has 0 saturated heterocycles. The lowest BCUT2D eigenvalue weighted by molar-refractivity contribution is 0.966. The van der Waals surface area contributed by atoms with E-state index in [-0.39, 0.29) is 0 Å². The highest BCUT2D eigenvalue weighted by Gasteiger charge is 2.21. The summed E-state index contributed by atoms with van der Waals surface area (Å²) in [4.78, 5) is 2.57. The van der Waals surface area contributed by atoms with Gasteiger partial charge in [-0.15, -0.1) is 11.3 Å². The molecule has 3 aromatic heterocycles. The van der Waals surface area contributed by atoms with Crippen molar-refractivity contribution < 1.29 is 0 Å². The molecule has 3 heterocycles. The molecular weight excluding hydrogens is 384 g/mol. The molecule has 142 valence electrons. The fourth-order valence-electron chi connectivity index (χ4n) is 4.10. The van der Waals surface area contributed by atoms with Crippen molar-refractivity contribution in [2.45, 2.75) is 0 Å². The van der Waals surface area contributed by atoms with E-state index in [4.69, 9.17) is 5.10 Å². The lowest BCUT2D eigenvalue weighted by Gasteiger charge is -2.02. The highest BCUT2D eigenvalue weighted by atomic mass is 32.1. The van der Waals surface area contributed by atoms with Crippen LogP contribution in [0.25, 0.3) is 48.4 Å². The average molecular weight is 403 g/mol. The van der Waals surface area contributed by atoms with Crippen molar-refractivity contribution in [3.05, 3.63) is 109 Å². The maximum absolute atomic E-state index is 4.97. The maximum atomic E-state index is 4.97. The van der Waals surface area contributed by atoms with Gasteiger partial charge < -0.3 is 0 Å². The van der Waals surface area contributed by atoms with Gasteiger partial charge in [0.2, 0.25) is 0 Å². The second-order valence-electron chi connectivity index (χ2n) is 7.29. The minimum Gasteiger partial charge on any atom is -0.240 e. The van der Waals surface area contributed by atoms with E-state index in [0.29, 0.717) is 0 Å². The summed E-state index contributed by atoms with van der Waals surface area (Å²) in [6.45, 7) is 0. The topological polar surface area (TPSA) is 17.3 Å². The van der Waals surface area contributed by atoms with Gasteiger partial charge in [-0.25, -0.2) is 4.52 Å². The van der Waals surface area contributed by atoms with Gasteiger partial charge in [-0.3, -0.25) is 0 Å². The highest BCUT2D eigenvalue weighted by Crippen LogP contribution is 2.47. The third-order valence-corrected chi connectivity index (χ3v) is 6.76. The van der Waals surface area contributed by atoms with Gasteiger partial charge in [-0.2, -0.15) is 5.10 Å². The molecule has 6 rings (SSSR count). The Morgan fingerprint density at radius 3 is 1.90 bits per heavy atom. The van der Waals surface area contributed by atoms with Gasteiger partial charge in [0.1, 0.15) is 5.69 Å².